The topological polar surface area (TPSA) is 51.8 Å². The summed E-state index contributed by atoms with van der Waals surface area (Å²) in [6.07, 6.45) is 0. The molecule has 3 heterocycles. The molecule has 242 valence electrons. The van der Waals surface area contributed by atoms with E-state index in [2.05, 4.69) is 0 Å². The number of hydrogen-bond donors (Lipinski definition) is 0. The van der Waals surface area contributed by atoms with E-state index in [-0.39, 0.29) is 79.5 Å². The minimum absolute atomic E-state index is 0.0302. The highest BCUT2D eigenvalue weighted by atomic mass is 32.1. The number of hydrogen-bond acceptors (Lipinski definition) is 5. The molecule has 0 fully saturated rings. The van der Waals surface area contributed by atoms with E-state index in [1.54, 1.807) is 30.3 Å². The van der Waals surface area contributed by atoms with Crippen LogP contribution < -0.4 is 0 Å². The van der Waals surface area contributed by atoms with E-state index in [4.69, 9.17) is 26.2 Å². The second kappa shape index (κ2) is 11.4. The number of aromatic nitrogens is 3. The zero-order valence-electron chi connectivity index (χ0n) is 36.1. The summed E-state index contributed by atoms with van der Waals surface area (Å²) >= 11 is 0.982. The summed E-state index contributed by atoms with van der Waals surface area (Å²) in [4.78, 5) is 14.9. The molecule has 5 heteroatoms. The Labute approximate surface area is 314 Å². The van der Waals surface area contributed by atoms with Gasteiger partial charge in [-0.05, 0) is 75.1 Å². The lowest BCUT2D eigenvalue weighted by atomic mass is 9.92. The number of thiophene rings is 1. The summed E-state index contributed by atoms with van der Waals surface area (Å²) < 4.78 is 86.2. The van der Waals surface area contributed by atoms with E-state index >= 15 is 0 Å². The van der Waals surface area contributed by atoms with E-state index in [1.807, 2.05) is 78.9 Å². The molecule has 0 amide bonds. The highest BCUT2D eigenvalue weighted by Gasteiger charge is 2.19. The number of benzene rings is 8. The minimum Gasteiger partial charge on any atom is -0.456 e. The molecule has 52 heavy (non-hydrogen) atoms. The van der Waals surface area contributed by atoms with Gasteiger partial charge in [-0.1, -0.05) is 121 Å². The number of nitrogens with zero attached hydrogens (tertiary/aromatic N) is 3. The van der Waals surface area contributed by atoms with Gasteiger partial charge in [0.05, 0.1) is 12.3 Å². The number of para-hydroxylation sites is 1. The first-order valence-electron chi connectivity index (χ1n) is 21.1. The van der Waals surface area contributed by atoms with Gasteiger partial charge in [0.25, 0.3) is 0 Å². The molecule has 0 radical (unpaired) electrons. The first kappa shape index (κ1) is 21.5. The fraction of sp³-hybridized carbons (Fsp3) is 0. The molecule has 0 aliphatic heterocycles. The molecule has 0 atom stereocenters. The van der Waals surface area contributed by atoms with Crippen LogP contribution in [0.25, 0.3) is 109 Å². The quantitative estimate of drug-likeness (QED) is 0.184. The van der Waals surface area contributed by atoms with Crippen molar-refractivity contribution in [3.63, 3.8) is 0 Å². The summed E-state index contributed by atoms with van der Waals surface area (Å²) in [5.74, 6) is 0.442. The number of fused-ring (bicyclic) bond motifs is 8. The van der Waals surface area contributed by atoms with Crippen LogP contribution >= 0.6 is 11.3 Å². The van der Waals surface area contributed by atoms with E-state index in [9.17, 15) is 5.48 Å². The Morgan fingerprint density at radius 3 is 2.13 bits per heavy atom. The average molecular weight is 691 g/mol. The van der Waals surface area contributed by atoms with Crippen LogP contribution in [0.3, 0.4) is 0 Å². The zero-order chi connectivity index (χ0) is 42.0. The molecule has 0 unspecified atom stereocenters. The smallest absolute Gasteiger partial charge is 0.164 e. The first-order valence-corrected chi connectivity index (χ1v) is 17.4. The Bertz CT molecular complexity index is 3730. The van der Waals surface area contributed by atoms with Crippen molar-refractivity contribution in [2.24, 2.45) is 0 Å². The molecular formula is C47H27N3OS. The molecule has 0 aliphatic carbocycles. The van der Waals surface area contributed by atoms with Crippen molar-refractivity contribution >= 4 is 75.0 Å². The molecule has 11 aromatic rings. The van der Waals surface area contributed by atoms with Crippen molar-refractivity contribution in [2.75, 3.05) is 0 Å². The standard InChI is InChI=1S/C47H27N3OS/c1-2-11-29-24-31(21-20-28(29)10-1)45-48-46(32-22-23-36-35-14-6-8-19-42(35)52-43(36)27-32)50-47(49-45)33-25-30-12-3-4-13-34(30)39(26-33)37-16-9-18-41-44(37)38-15-5-7-17-40(38)51-41/h1-27H/i5D,6D,8D,14D,16D,19D,22D,23D,27D. The molecular weight excluding hydrogens is 655 g/mol. The van der Waals surface area contributed by atoms with Crippen LogP contribution in [0.1, 0.15) is 12.3 Å². The third-order valence-corrected chi connectivity index (χ3v) is 10.4. The van der Waals surface area contributed by atoms with Gasteiger partial charge in [0, 0.05) is 47.6 Å². The van der Waals surface area contributed by atoms with E-state index in [0.29, 0.717) is 50.2 Å². The van der Waals surface area contributed by atoms with Gasteiger partial charge in [-0.3, -0.25) is 0 Å². The Morgan fingerprint density at radius 2 is 1.21 bits per heavy atom. The SMILES string of the molecule is [2H]c1ccc2oc3ccc([2H])c(-c4cc(-c5nc(-c6ccc7ccccc7c6)nc(-c6c([2H])c([2H])c7c(sc8c([2H])c([2H])c([2H])c([2H])c87)c6[2H])n5)cc5ccccc45)c3c2c1. The maximum Gasteiger partial charge on any atom is 0.164 e. The van der Waals surface area contributed by atoms with Crippen LogP contribution in [-0.2, 0) is 0 Å². The van der Waals surface area contributed by atoms with Crippen LogP contribution in [0.15, 0.2) is 168 Å². The maximum atomic E-state index is 9.52. The van der Waals surface area contributed by atoms with Crippen molar-refractivity contribution in [1.29, 1.82) is 0 Å². The fourth-order valence-electron chi connectivity index (χ4n) is 6.99. The first-order chi connectivity index (χ1) is 29.5. The summed E-state index contributed by atoms with van der Waals surface area (Å²) in [7, 11) is 0. The lowest BCUT2D eigenvalue weighted by Crippen LogP contribution is -2.00. The third-order valence-electron chi connectivity index (χ3n) is 9.41. The minimum atomic E-state index is -0.452. The second-order valence-corrected chi connectivity index (χ2v) is 13.5. The van der Waals surface area contributed by atoms with Gasteiger partial charge >= 0.3 is 0 Å². The maximum absolute atomic E-state index is 9.52. The van der Waals surface area contributed by atoms with Crippen LogP contribution in [-0.4, -0.2) is 15.0 Å². The summed E-state index contributed by atoms with van der Waals surface area (Å²) in [6.45, 7) is 0. The normalized spacial score (nSPS) is 14.3. The third kappa shape index (κ3) is 4.64. The Balaban J connectivity index is 1.21. The average Bonchev–Trinajstić information content (AvgIpc) is 3.86. The summed E-state index contributed by atoms with van der Waals surface area (Å²) in [6, 6.07) is 32.2. The van der Waals surface area contributed by atoms with Gasteiger partial charge in [-0.2, -0.15) is 0 Å². The molecule has 4 nitrogen and oxygen atoms in total. The summed E-state index contributed by atoms with van der Waals surface area (Å²) in [5.41, 5.74) is 3.65. The highest BCUT2D eigenvalue weighted by Crippen LogP contribution is 2.42. The molecule has 0 saturated carbocycles. The Kier molecular flexibility index (Phi) is 4.72. The number of rotatable bonds is 4. The molecule has 0 bridgehead atoms. The van der Waals surface area contributed by atoms with Crippen LogP contribution in [0, 0.1) is 0 Å². The van der Waals surface area contributed by atoms with Crippen molar-refractivity contribution in [2.45, 2.75) is 0 Å². The van der Waals surface area contributed by atoms with Crippen LogP contribution in [0.4, 0.5) is 0 Å². The molecule has 0 N–H and O–H groups in total. The lowest BCUT2D eigenvalue weighted by Gasteiger charge is -2.13. The highest BCUT2D eigenvalue weighted by molar-refractivity contribution is 7.25. The van der Waals surface area contributed by atoms with Gasteiger partial charge in [-0.25, -0.2) is 15.0 Å². The molecule has 8 aromatic carbocycles. The van der Waals surface area contributed by atoms with Gasteiger partial charge < -0.3 is 4.42 Å². The van der Waals surface area contributed by atoms with Gasteiger partial charge in [0.1, 0.15) is 11.2 Å². The Morgan fingerprint density at radius 1 is 0.462 bits per heavy atom. The van der Waals surface area contributed by atoms with Crippen LogP contribution in [0.5, 0.6) is 0 Å². The van der Waals surface area contributed by atoms with Gasteiger partial charge in [0.15, 0.2) is 17.5 Å². The lowest BCUT2D eigenvalue weighted by molar-refractivity contribution is 0.669. The van der Waals surface area contributed by atoms with Crippen molar-refractivity contribution in [3.8, 4) is 45.3 Å². The van der Waals surface area contributed by atoms with E-state index < -0.39 is 12.1 Å². The monoisotopic (exact) mass is 690 g/mol. The predicted molar refractivity (Wildman–Crippen MR) is 217 cm³/mol. The molecule has 3 aromatic heterocycles. The Hall–Kier alpha value is -6.69. The van der Waals surface area contributed by atoms with Crippen molar-refractivity contribution in [1.82, 2.24) is 15.0 Å². The largest absolute Gasteiger partial charge is 0.456 e. The van der Waals surface area contributed by atoms with E-state index in [1.165, 1.54) is 0 Å². The predicted octanol–water partition coefficient (Wildman–Crippen LogP) is 13.1. The molecule has 0 spiro atoms. The second-order valence-electron chi connectivity index (χ2n) is 12.5. The zero-order valence-corrected chi connectivity index (χ0v) is 27.9. The molecule has 0 aliphatic rings. The fourth-order valence-corrected chi connectivity index (χ4v) is 7.96. The van der Waals surface area contributed by atoms with Crippen molar-refractivity contribution in [3.05, 3.63) is 164 Å². The molecule has 11 rings (SSSR count). The van der Waals surface area contributed by atoms with E-state index in [0.717, 1.165) is 32.9 Å². The number of furan rings is 1. The van der Waals surface area contributed by atoms with Crippen LogP contribution in [0.2, 0.25) is 0 Å². The van der Waals surface area contributed by atoms with Crippen molar-refractivity contribution < 1.29 is 16.8 Å². The van der Waals surface area contributed by atoms with Gasteiger partial charge in [0.2, 0.25) is 0 Å². The molecule has 0 saturated heterocycles. The summed E-state index contributed by atoms with van der Waals surface area (Å²) in [5, 5.41) is 5.27. The van der Waals surface area contributed by atoms with Gasteiger partial charge in [-0.15, -0.1) is 11.3 Å².